The van der Waals surface area contributed by atoms with E-state index in [1.807, 2.05) is 55.5 Å². The number of hydroxylamine groups is 2. The van der Waals surface area contributed by atoms with Crippen LogP contribution in [0.25, 0.3) is 11.2 Å². The second kappa shape index (κ2) is 8.47. The third kappa shape index (κ3) is 4.81. The van der Waals surface area contributed by atoms with Crippen LogP contribution in [0, 0.1) is 0 Å². The number of nitrogens with one attached hydrogen (secondary N) is 1. The predicted octanol–water partition coefficient (Wildman–Crippen LogP) is 3.96. The van der Waals surface area contributed by atoms with Gasteiger partial charge in [-0.3, -0.25) is 9.63 Å². The zero-order chi connectivity index (χ0) is 17.6. The molecule has 2 bridgehead atoms. The van der Waals surface area contributed by atoms with Gasteiger partial charge in [-0.1, -0.05) is 28.1 Å². The summed E-state index contributed by atoms with van der Waals surface area (Å²) in [5, 5.41) is 4.62. The molecule has 6 heteroatoms. The van der Waals surface area contributed by atoms with Crippen LogP contribution in [-0.4, -0.2) is 30.2 Å². The number of nitrogens with zero attached hydrogens (tertiary/aromatic N) is 1. The number of fused-ring (bicyclic) bond motifs is 2. The average Bonchev–Trinajstić information content (AvgIpc) is 3.33. The Hall–Kier alpha value is -1.89. The lowest BCUT2D eigenvalue weighted by Gasteiger charge is -2.25. The summed E-state index contributed by atoms with van der Waals surface area (Å²) in [5.74, 6) is 0.0541. The molecular formula is C19H21BrN2O3. The highest BCUT2D eigenvalue weighted by Crippen LogP contribution is 2.18. The number of amides is 1. The highest BCUT2D eigenvalue weighted by Gasteiger charge is 2.31. The number of carbonyl (C=O) groups excluding carboxylic acids is 1. The van der Waals surface area contributed by atoms with Gasteiger partial charge in [0.2, 0.25) is 5.91 Å². The topological polar surface area (TPSA) is 54.7 Å². The third-order valence-corrected chi connectivity index (χ3v) is 4.44. The summed E-state index contributed by atoms with van der Waals surface area (Å²) >= 11 is 3.45. The fraction of sp³-hybridized carbons (Fsp3) is 0.316. The van der Waals surface area contributed by atoms with E-state index in [-0.39, 0.29) is 11.9 Å². The minimum atomic E-state index is -0.177. The summed E-state index contributed by atoms with van der Waals surface area (Å²) in [6.45, 7) is 3.84. The van der Waals surface area contributed by atoms with Crippen LogP contribution in [0.5, 0.6) is 0 Å². The molecule has 25 heavy (non-hydrogen) atoms. The van der Waals surface area contributed by atoms with Gasteiger partial charge in [0.05, 0.1) is 13.2 Å². The summed E-state index contributed by atoms with van der Waals surface area (Å²) in [6.07, 6.45) is 0.798. The summed E-state index contributed by atoms with van der Waals surface area (Å²) in [7, 11) is 0. The lowest BCUT2D eigenvalue weighted by molar-refractivity contribution is -0.190. The van der Waals surface area contributed by atoms with Crippen molar-refractivity contribution in [2.45, 2.75) is 25.9 Å². The maximum atomic E-state index is 11.7. The molecule has 1 aliphatic heterocycles. The number of halogens is 1. The number of rotatable bonds is 5. The van der Waals surface area contributed by atoms with Crippen molar-refractivity contribution in [3.05, 3.63) is 58.6 Å². The van der Waals surface area contributed by atoms with E-state index >= 15 is 0 Å². The molecular weight excluding hydrogens is 384 g/mol. The summed E-state index contributed by atoms with van der Waals surface area (Å²) in [4.78, 5) is 17.3. The van der Waals surface area contributed by atoms with E-state index < -0.39 is 0 Å². The Morgan fingerprint density at radius 3 is 2.44 bits per heavy atom. The van der Waals surface area contributed by atoms with Crippen molar-refractivity contribution in [2.75, 3.05) is 13.2 Å². The molecule has 132 valence electrons. The Balaban J connectivity index is 0.000000213. The van der Waals surface area contributed by atoms with Crippen LogP contribution in [0.4, 0.5) is 0 Å². The van der Waals surface area contributed by atoms with Crippen molar-refractivity contribution in [3.8, 4) is 0 Å². The molecule has 1 N–H and O–H groups in total. The molecule has 3 heterocycles. The molecule has 4 rings (SSSR count). The van der Waals surface area contributed by atoms with Gasteiger partial charge in [-0.15, -0.1) is 0 Å². The van der Waals surface area contributed by atoms with Crippen LogP contribution < -0.4 is 5.32 Å². The van der Waals surface area contributed by atoms with E-state index in [0.29, 0.717) is 13.2 Å². The van der Waals surface area contributed by atoms with E-state index in [1.54, 1.807) is 5.06 Å². The first-order valence-electron chi connectivity index (χ1n) is 8.35. The molecule has 0 spiro atoms. The van der Waals surface area contributed by atoms with Crippen LogP contribution in [0.2, 0.25) is 0 Å². The Kier molecular flexibility index (Phi) is 6.07. The molecule has 2 aromatic heterocycles. The van der Waals surface area contributed by atoms with Crippen molar-refractivity contribution in [3.63, 3.8) is 0 Å². The molecule has 1 saturated heterocycles. The van der Waals surface area contributed by atoms with Crippen LogP contribution in [0.1, 0.15) is 18.9 Å². The Labute approximate surface area is 155 Å². The van der Waals surface area contributed by atoms with Crippen molar-refractivity contribution in [1.82, 2.24) is 10.4 Å². The number of hydrogen-bond donors (Lipinski definition) is 1. The maximum absolute atomic E-state index is 11.7. The number of furan rings is 2. The second-order valence-electron chi connectivity index (χ2n) is 5.79. The zero-order valence-corrected chi connectivity index (χ0v) is 15.7. The highest BCUT2D eigenvalue weighted by molar-refractivity contribution is 9.10. The van der Waals surface area contributed by atoms with E-state index in [4.69, 9.17) is 9.25 Å². The predicted molar refractivity (Wildman–Crippen MR) is 100 cm³/mol. The van der Waals surface area contributed by atoms with Gasteiger partial charge in [-0.05, 0) is 55.3 Å². The highest BCUT2D eigenvalue weighted by atomic mass is 79.9. The molecule has 0 aliphatic carbocycles. The van der Waals surface area contributed by atoms with Gasteiger partial charge >= 0.3 is 0 Å². The molecule has 1 aromatic carbocycles. The quantitative estimate of drug-likeness (QED) is 0.653. The minimum absolute atomic E-state index is 0.0541. The van der Waals surface area contributed by atoms with Gasteiger partial charge in [0.1, 0.15) is 17.2 Å². The number of hydrogen-bond acceptors (Lipinski definition) is 4. The minimum Gasteiger partial charge on any atom is -0.457 e. The molecule has 5 nitrogen and oxygen atoms in total. The SMILES string of the molecule is CCON(Cc1cccc(Br)c1)C1CCNC1=O.c1cc2ccc1o2. The molecule has 1 amide bonds. The second-order valence-corrected chi connectivity index (χ2v) is 6.71. The summed E-state index contributed by atoms with van der Waals surface area (Å²) < 4.78 is 6.12. The number of carbonyl (C=O) groups is 1. The van der Waals surface area contributed by atoms with Gasteiger partial charge in [-0.25, -0.2) is 0 Å². The lowest BCUT2D eigenvalue weighted by Crippen LogP contribution is -2.40. The average molecular weight is 405 g/mol. The molecule has 0 radical (unpaired) electrons. The lowest BCUT2D eigenvalue weighted by atomic mass is 10.2. The van der Waals surface area contributed by atoms with Gasteiger partial charge in [0.25, 0.3) is 0 Å². The maximum Gasteiger partial charge on any atom is 0.239 e. The van der Waals surface area contributed by atoms with Crippen LogP contribution in [-0.2, 0) is 16.2 Å². The van der Waals surface area contributed by atoms with Crippen LogP contribution in [0.15, 0.2) is 57.4 Å². The van der Waals surface area contributed by atoms with Crippen molar-refractivity contribution in [1.29, 1.82) is 0 Å². The largest absolute Gasteiger partial charge is 0.457 e. The molecule has 3 aromatic rings. The van der Waals surface area contributed by atoms with Gasteiger partial charge in [0.15, 0.2) is 0 Å². The first-order valence-corrected chi connectivity index (χ1v) is 9.14. The van der Waals surface area contributed by atoms with Crippen molar-refractivity contribution < 1.29 is 14.0 Å². The fourth-order valence-electron chi connectivity index (χ4n) is 2.79. The Morgan fingerprint density at radius 1 is 1.24 bits per heavy atom. The van der Waals surface area contributed by atoms with E-state index in [0.717, 1.165) is 34.2 Å². The normalized spacial score (nSPS) is 16.9. The van der Waals surface area contributed by atoms with E-state index in [2.05, 4.69) is 21.2 Å². The smallest absolute Gasteiger partial charge is 0.239 e. The van der Waals surface area contributed by atoms with E-state index in [9.17, 15) is 4.79 Å². The first kappa shape index (κ1) is 17.9. The van der Waals surface area contributed by atoms with Crippen molar-refractivity contribution >= 4 is 33.0 Å². The Bertz CT molecular complexity index is 759. The summed E-state index contributed by atoms with van der Waals surface area (Å²) in [5.41, 5.74) is 3.06. The molecule has 1 unspecified atom stereocenters. The fourth-order valence-corrected chi connectivity index (χ4v) is 3.24. The van der Waals surface area contributed by atoms with Crippen LogP contribution >= 0.6 is 15.9 Å². The standard InChI is InChI=1S/C13H17BrN2O2.C6H4O/c1-2-18-16(12-6-7-15-13(12)17)9-10-4-3-5-11(14)8-10;1-2-6-4-3-5(1)7-6/h3-5,8,12H,2,6-7,9H2,1H3,(H,15,17);1-4H. The third-order valence-electron chi connectivity index (χ3n) is 3.95. The first-order chi connectivity index (χ1) is 12.2. The van der Waals surface area contributed by atoms with Gasteiger partial charge in [0, 0.05) is 11.0 Å². The van der Waals surface area contributed by atoms with E-state index in [1.165, 1.54) is 0 Å². The number of benzene rings is 2. The molecule has 1 atom stereocenters. The summed E-state index contributed by atoms with van der Waals surface area (Å²) in [6, 6.07) is 15.7. The Morgan fingerprint density at radius 2 is 1.96 bits per heavy atom. The monoisotopic (exact) mass is 404 g/mol. The molecule has 0 saturated carbocycles. The molecule has 1 aliphatic rings. The zero-order valence-electron chi connectivity index (χ0n) is 14.1. The van der Waals surface area contributed by atoms with Crippen LogP contribution in [0.3, 0.4) is 0 Å². The van der Waals surface area contributed by atoms with Gasteiger partial charge in [-0.2, -0.15) is 5.06 Å². The van der Waals surface area contributed by atoms with Gasteiger partial charge < -0.3 is 9.73 Å². The van der Waals surface area contributed by atoms with Crippen molar-refractivity contribution in [2.24, 2.45) is 0 Å². The molecule has 1 fully saturated rings.